The van der Waals surface area contributed by atoms with Crippen LogP contribution >= 0.6 is 0 Å². The molecule has 0 bridgehead atoms. The molecule has 2 atom stereocenters. The minimum atomic E-state index is -1.23. The van der Waals surface area contributed by atoms with Crippen molar-refractivity contribution in [2.45, 2.75) is 18.6 Å². The van der Waals surface area contributed by atoms with Crippen LogP contribution in [-0.4, -0.2) is 36.4 Å². The van der Waals surface area contributed by atoms with Gasteiger partial charge in [-0.1, -0.05) is 0 Å². The van der Waals surface area contributed by atoms with Gasteiger partial charge in [-0.15, -0.1) is 0 Å². The number of nitrogens with two attached hydrogens (primary N) is 2. The summed E-state index contributed by atoms with van der Waals surface area (Å²) in [7, 11) is 0. The smallest absolute Gasteiger partial charge is 0.247 e. The summed E-state index contributed by atoms with van der Waals surface area (Å²) in [6.07, 6.45) is -0.644. The molecule has 12 heavy (non-hydrogen) atoms. The highest BCUT2D eigenvalue weighted by atomic mass is 16.5. The third-order valence-electron chi connectivity index (χ3n) is 2.01. The van der Waals surface area contributed by atoms with Gasteiger partial charge in [0.15, 0.2) is 0 Å². The number of rotatable bonds is 4. The number of aliphatic hydroxyl groups is 1. The van der Waals surface area contributed by atoms with Crippen LogP contribution in [0.3, 0.4) is 0 Å². The summed E-state index contributed by atoms with van der Waals surface area (Å²) in [6, 6.07) is -0.559. The molecule has 0 aromatic carbocycles. The Morgan fingerprint density at radius 3 is 2.58 bits per heavy atom. The topological polar surface area (TPSA) is 98.6 Å². The molecular formula is C7H14N2O3. The average molecular weight is 174 g/mol. The normalized spacial score (nSPS) is 22.8. The third-order valence-corrected chi connectivity index (χ3v) is 2.01. The van der Waals surface area contributed by atoms with Crippen molar-refractivity contribution in [3.63, 3.8) is 0 Å². The highest BCUT2D eigenvalue weighted by Crippen LogP contribution is 2.16. The maximum atomic E-state index is 10.5. The minimum Gasteiger partial charge on any atom is -0.382 e. The van der Waals surface area contributed by atoms with Gasteiger partial charge in [0.2, 0.25) is 5.91 Å². The van der Waals surface area contributed by atoms with Gasteiger partial charge in [0.25, 0.3) is 0 Å². The highest BCUT2D eigenvalue weighted by molar-refractivity contribution is 5.79. The number of ether oxygens (including phenoxy) is 1. The van der Waals surface area contributed by atoms with Gasteiger partial charge in [-0.05, 0) is 6.42 Å². The first-order valence-corrected chi connectivity index (χ1v) is 3.92. The molecule has 0 aromatic heterocycles. The summed E-state index contributed by atoms with van der Waals surface area (Å²) in [4.78, 5) is 10.5. The molecule has 5 heteroatoms. The van der Waals surface area contributed by atoms with Gasteiger partial charge in [0, 0.05) is 12.0 Å². The first-order chi connectivity index (χ1) is 5.61. The molecule has 0 aliphatic carbocycles. The zero-order valence-electron chi connectivity index (χ0n) is 6.77. The lowest BCUT2D eigenvalue weighted by Gasteiger charge is -2.29. The van der Waals surface area contributed by atoms with Crippen LogP contribution in [0.1, 0.15) is 6.42 Å². The standard InChI is InChI=1S/C7H14N2O3/c8-5(6(10)7(9)11)1-4-2-12-3-4/h4-6,10H,1-3,8H2,(H2,9,11). The SMILES string of the molecule is NC(=O)C(O)C(N)CC1COC1. The molecule has 1 amide bonds. The molecular weight excluding hydrogens is 160 g/mol. The van der Waals surface area contributed by atoms with E-state index in [0.717, 1.165) is 0 Å². The monoisotopic (exact) mass is 174 g/mol. The van der Waals surface area contributed by atoms with Crippen molar-refractivity contribution in [3.8, 4) is 0 Å². The molecule has 1 saturated heterocycles. The first kappa shape index (κ1) is 9.44. The van der Waals surface area contributed by atoms with Gasteiger partial charge < -0.3 is 21.3 Å². The molecule has 0 saturated carbocycles. The second-order valence-corrected chi connectivity index (χ2v) is 3.15. The predicted molar refractivity (Wildman–Crippen MR) is 42.1 cm³/mol. The fraction of sp³-hybridized carbons (Fsp3) is 0.857. The molecule has 1 heterocycles. The van der Waals surface area contributed by atoms with Crippen LogP contribution in [0.5, 0.6) is 0 Å². The highest BCUT2D eigenvalue weighted by Gasteiger charge is 2.27. The van der Waals surface area contributed by atoms with E-state index in [1.165, 1.54) is 0 Å². The van der Waals surface area contributed by atoms with Gasteiger partial charge >= 0.3 is 0 Å². The van der Waals surface area contributed by atoms with Gasteiger partial charge in [0.05, 0.1) is 13.2 Å². The molecule has 0 radical (unpaired) electrons. The van der Waals surface area contributed by atoms with E-state index in [4.69, 9.17) is 21.3 Å². The Kier molecular flexibility index (Phi) is 3.02. The molecule has 1 aliphatic heterocycles. The fourth-order valence-electron chi connectivity index (χ4n) is 1.15. The predicted octanol–water partition coefficient (Wildman–Crippen LogP) is -1.80. The Labute approximate surface area is 70.7 Å². The Morgan fingerprint density at radius 2 is 2.25 bits per heavy atom. The van der Waals surface area contributed by atoms with E-state index in [0.29, 0.717) is 25.6 Å². The molecule has 0 spiro atoms. The van der Waals surface area contributed by atoms with E-state index in [1.807, 2.05) is 0 Å². The van der Waals surface area contributed by atoms with Crippen molar-refractivity contribution in [3.05, 3.63) is 0 Å². The number of carbonyl (C=O) groups excluding carboxylic acids is 1. The number of hydrogen-bond acceptors (Lipinski definition) is 4. The van der Waals surface area contributed by atoms with E-state index in [9.17, 15) is 4.79 Å². The lowest BCUT2D eigenvalue weighted by Crippen LogP contribution is -2.47. The summed E-state index contributed by atoms with van der Waals surface area (Å²) in [5.41, 5.74) is 10.4. The third kappa shape index (κ3) is 2.17. The van der Waals surface area contributed by atoms with Crippen molar-refractivity contribution < 1.29 is 14.6 Å². The lowest BCUT2D eigenvalue weighted by molar-refractivity contribution is -0.127. The summed E-state index contributed by atoms with van der Waals surface area (Å²) >= 11 is 0. The second kappa shape index (κ2) is 3.84. The quantitative estimate of drug-likeness (QED) is 0.468. The van der Waals surface area contributed by atoms with E-state index >= 15 is 0 Å². The van der Waals surface area contributed by atoms with Crippen molar-refractivity contribution in [1.29, 1.82) is 0 Å². The first-order valence-electron chi connectivity index (χ1n) is 3.92. The van der Waals surface area contributed by atoms with E-state index in [-0.39, 0.29) is 0 Å². The van der Waals surface area contributed by atoms with Crippen LogP contribution in [-0.2, 0) is 9.53 Å². The Bertz CT molecular complexity index is 170. The largest absolute Gasteiger partial charge is 0.382 e. The second-order valence-electron chi connectivity index (χ2n) is 3.15. The van der Waals surface area contributed by atoms with Crippen molar-refractivity contribution in [1.82, 2.24) is 0 Å². The number of carbonyl (C=O) groups is 1. The van der Waals surface area contributed by atoms with Crippen LogP contribution < -0.4 is 11.5 Å². The zero-order chi connectivity index (χ0) is 9.14. The maximum Gasteiger partial charge on any atom is 0.247 e. The summed E-state index contributed by atoms with van der Waals surface area (Å²) < 4.78 is 4.92. The van der Waals surface area contributed by atoms with Gasteiger partial charge in [-0.2, -0.15) is 0 Å². The van der Waals surface area contributed by atoms with Crippen LogP contribution in [0.25, 0.3) is 0 Å². The fourth-order valence-corrected chi connectivity index (χ4v) is 1.15. The average Bonchev–Trinajstić information content (AvgIpc) is 1.94. The minimum absolute atomic E-state index is 0.369. The van der Waals surface area contributed by atoms with Crippen LogP contribution in [0, 0.1) is 5.92 Å². The molecule has 1 aliphatic rings. The van der Waals surface area contributed by atoms with Gasteiger partial charge in [-0.3, -0.25) is 4.79 Å². The Balaban J connectivity index is 2.25. The number of amides is 1. The van der Waals surface area contributed by atoms with E-state index in [1.54, 1.807) is 0 Å². The molecule has 5 N–H and O–H groups in total. The maximum absolute atomic E-state index is 10.5. The van der Waals surface area contributed by atoms with Crippen molar-refractivity contribution >= 4 is 5.91 Å². The van der Waals surface area contributed by atoms with Crippen molar-refractivity contribution in [2.75, 3.05) is 13.2 Å². The number of hydrogen-bond donors (Lipinski definition) is 3. The van der Waals surface area contributed by atoms with Crippen LogP contribution in [0.4, 0.5) is 0 Å². The molecule has 2 unspecified atom stereocenters. The Hall–Kier alpha value is -0.650. The molecule has 70 valence electrons. The summed E-state index contributed by atoms with van der Waals surface area (Å²) in [6.45, 7) is 1.33. The van der Waals surface area contributed by atoms with Gasteiger partial charge in [0.1, 0.15) is 6.10 Å². The molecule has 1 fully saturated rings. The lowest BCUT2D eigenvalue weighted by atomic mass is 9.95. The molecule has 1 rings (SSSR count). The van der Waals surface area contributed by atoms with Crippen molar-refractivity contribution in [2.24, 2.45) is 17.4 Å². The van der Waals surface area contributed by atoms with Crippen LogP contribution in [0.15, 0.2) is 0 Å². The van der Waals surface area contributed by atoms with E-state index in [2.05, 4.69) is 0 Å². The number of primary amides is 1. The summed E-state index contributed by atoms with van der Waals surface area (Å²) in [5, 5.41) is 9.12. The Morgan fingerprint density at radius 1 is 1.67 bits per heavy atom. The molecule has 5 nitrogen and oxygen atoms in total. The van der Waals surface area contributed by atoms with Gasteiger partial charge in [-0.25, -0.2) is 0 Å². The summed E-state index contributed by atoms with van der Waals surface area (Å²) in [5.74, 6) is -0.392. The van der Waals surface area contributed by atoms with Crippen LogP contribution in [0.2, 0.25) is 0 Å². The zero-order valence-corrected chi connectivity index (χ0v) is 6.77. The number of aliphatic hydroxyl groups excluding tert-OH is 1. The molecule has 0 aromatic rings. The van der Waals surface area contributed by atoms with E-state index < -0.39 is 18.1 Å².